The predicted molar refractivity (Wildman–Crippen MR) is 82.8 cm³/mol. The SMILES string of the molecule is CCc1ccc(C(O)COC2CCC(C)(C)CC2)cc1. The number of ether oxygens (including phenoxy) is 1. The number of aliphatic hydroxyl groups is 1. The Morgan fingerprint density at radius 3 is 2.35 bits per heavy atom. The molecule has 112 valence electrons. The van der Waals surface area contributed by atoms with Crippen molar-refractivity contribution < 1.29 is 9.84 Å². The third kappa shape index (κ3) is 4.32. The molecule has 1 saturated carbocycles. The molecule has 0 radical (unpaired) electrons. The monoisotopic (exact) mass is 276 g/mol. The highest BCUT2D eigenvalue weighted by Crippen LogP contribution is 2.36. The van der Waals surface area contributed by atoms with E-state index in [0.29, 0.717) is 18.1 Å². The minimum Gasteiger partial charge on any atom is -0.386 e. The topological polar surface area (TPSA) is 29.5 Å². The summed E-state index contributed by atoms with van der Waals surface area (Å²) in [5.41, 5.74) is 2.73. The van der Waals surface area contributed by atoms with Crippen LogP contribution in [0.3, 0.4) is 0 Å². The fraction of sp³-hybridized carbons (Fsp3) is 0.667. The zero-order valence-electron chi connectivity index (χ0n) is 13.1. The second kappa shape index (κ2) is 6.73. The Bertz CT molecular complexity index is 398. The molecule has 1 atom stereocenters. The lowest BCUT2D eigenvalue weighted by atomic mass is 9.76. The second-order valence-electron chi connectivity index (χ2n) is 6.81. The predicted octanol–water partition coefficient (Wildman–Crippen LogP) is 4.27. The average Bonchev–Trinajstić information content (AvgIpc) is 2.46. The molecule has 1 aromatic rings. The van der Waals surface area contributed by atoms with Crippen molar-refractivity contribution >= 4 is 0 Å². The van der Waals surface area contributed by atoms with Gasteiger partial charge >= 0.3 is 0 Å². The van der Waals surface area contributed by atoms with Crippen LogP contribution in [-0.2, 0) is 11.2 Å². The van der Waals surface area contributed by atoms with E-state index >= 15 is 0 Å². The summed E-state index contributed by atoms with van der Waals surface area (Å²) in [4.78, 5) is 0. The fourth-order valence-electron chi connectivity index (χ4n) is 2.84. The Morgan fingerprint density at radius 2 is 1.80 bits per heavy atom. The van der Waals surface area contributed by atoms with Crippen LogP contribution in [0.1, 0.15) is 63.7 Å². The summed E-state index contributed by atoms with van der Waals surface area (Å²) in [6.07, 6.45) is 5.54. The van der Waals surface area contributed by atoms with Gasteiger partial charge in [0.05, 0.1) is 12.7 Å². The van der Waals surface area contributed by atoms with Crippen LogP contribution in [0.2, 0.25) is 0 Å². The maximum atomic E-state index is 10.2. The number of aliphatic hydroxyl groups excluding tert-OH is 1. The maximum Gasteiger partial charge on any atom is 0.102 e. The summed E-state index contributed by atoms with van der Waals surface area (Å²) in [5, 5.41) is 10.2. The van der Waals surface area contributed by atoms with Gasteiger partial charge in [-0.15, -0.1) is 0 Å². The highest BCUT2D eigenvalue weighted by atomic mass is 16.5. The molecule has 0 aromatic heterocycles. The summed E-state index contributed by atoms with van der Waals surface area (Å²) in [7, 11) is 0. The standard InChI is InChI=1S/C18H28O2/c1-4-14-5-7-15(8-6-14)17(19)13-20-16-9-11-18(2,3)12-10-16/h5-8,16-17,19H,4,9-13H2,1-3H3. The van der Waals surface area contributed by atoms with Crippen LogP contribution < -0.4 is 0 Å². The van der Waals surface area contributed by atoms with Crippen molar-refractivity contribution in [1.29, 1.82) is 0 Å². The molecule has 2 rings (SSSR count). The molecule has 0 bridgehead atoms. The van der Waals surface area contributed by atoms with E-state index in [-0.39, 0.29) is 0 Å². The molecule has 0 heterocycles. The average molecular weight is 276 g/mol. The van der Waals surface area contributed by atoms with E-state index in [9.17, 15) is 5.11 Å². The van der Waals surface area contributed by atoms with E-state index in [1.54, 1.807) is 0 Å². The van der Waals surface area contributed by atoms with Gasteiger partial charge in [0.25, 0.3) is 0 Å². The van der Waals surface area contributed by atoms with Crippen LogP contribution in [0.15, 0.2) is 24.3 Å². The molecule has 1 aromatic carbocycles. The normalized spacial score (nSPS) is 20.8. The maximum absolute atomic E-state index is 10.2. The van der Waals surface area contributed by atoms with Crippen molar-refractivity contribution in [3.05, 3.63) is 35.4 Å². The summed E-state index contributed by atoms with van der Waals surface area (Å²) >= 11 is 0. The van der Waals surface area contributed by atoms with E-state index in [1.165, 1.54) is 18.4 Å². The molecule has 1 aliphatic carbocycles. The fourth-order valence-corrected chi connectivity index (χ4v) is 2.84. The van der Waals surface area contributed by atoms with E-state index in [0.717, 1.165) is 24.8 Å². The van der Waals surface area contributed by atoms with Gasteiger partial charge in [-0.2, -0.15) is 0 Å². The minimum atomic E-state index is -0.504. The van der Waals surface area contributed by atoms with E-state index in [4.69, 9.17) is 4.74 Å². The van der Waals surface area contributed by atoms with Gasteiger partial charge in [-0.3, -0.25) is 0 Å². The number of hydrogen-bond acceptors (Lipinski definition) is 2. The van der Waals surface area contributed by atoms with Gasteiger partial charge in [0, 0.05) is 0 Å². The molecular weight excluding hydrogens is 248 g/mol. The van der Waals surface area contributed by atoms with Crippen LogP contribution in [0, 0.1) is 5.41 Å². The largest absolute Gasteiger partial charge is 0.386 e. The molecular formula is C18H28O2. The molecule has 1 N–H and O–H groups in total. The first kappa shape index (κ1) is 15.5. The van der Waals surface area contributed by atoms with Gasteiger partial charge in [-0.1, -0.05) is 45.0 Å². The van der Waals surface area contributed by atoms with Crippen LogP contribution in [0.25, 0.3) is 0 Å². The van der Waals surface area contributed by atoms with Gasteiger partial charge in [0.2, 0.25) is 0 Å². The van der Waals surface area contributed by atoms with Gasteiger partial charge in [0.15, 0.2) is 0 Å². The highest BCUT2D eigenvalue weighted by molar-refractivity contribution is 5.24. The smallest absolute Gasteiger partial charge is 0.102 e. The molecule has 0 spiro atoms. The lowest BCUT2D eigenvalue weighted by Crippen LogP contribution is -2.27. The number of benzene rings is 1. The summed E-state index contributed by atoms with van der Waals surface area (Å²) in [6, 6.07) is 8.19. The molecule has 0 aliphatic heterocycles. The van der Waals surface area contributed by atoms with Gasteiger partial charge in [-0.25, -0.2) is 0 Å². The first-order chi connectivity index (χ1) is 9.50. The summed E-state index contributed by atoms with van der Waals surface area (Å²) in [5.74, 6) is 0. The Balaban J connectivity index is 1.78. The van der Waals surface area contributed by atoms with Crippen LogP contribution in [-0.4, -0.2) is 17.8 Å². The summed E-state index contributed by atoms with van der Waals surface area (Å²) < 4.78 is 5.90. The molecule has 1 aliphatic rings. The molecule has 1 fully saturated rings. The number of aryl methyl sites for hydroxylation is 1. The van der Waals surface area contributed by atoms with Crippen molar-refractivity contribution in [2.45, 2.75) is 65.1 Å². The lowest BCUT2D eigenvalue weighted by molar-refractivity contribution is -0.0380. The third-order valence-electron chi connectivity index (χ3n) is 4.55. The summed E-state index contributed by atoms with van der Waals surface area (Å²) in [6.45, 7) is 7.20. The highest BCUT2D eigenvalue weighted by Gasteiger charge is 2.27. The quantitative estimate of drug-likeness (QED) is 0.870. The van der Waals surface area contributed by atoms with Crippen LogP contribution >= 0.6 is 0 Å². The Labute approximate surface area is 123 Å². The minimum absolute atomic E-state index is 0.326. The molecule has 1 unspecified atom stereocenters. The first-order valence-corrected chi connectivity index (χ1v) is 7.89. The van der Waals surface area contributed by atoms with Gasteiger partial charge < -0.3 is 9.84 Å². The van der Waals surface area contributed by atoms with Gasteiger partial charge in [-0.05, 0) is 48.6 Å². The Kier molecular flexibility index (Phi) is 5.22. The molecule has 2 nitrogen and oxygen atoms in total. The second-order valence-corrected chi connectivity index (χ2v) is 6.81. The zero-order valence-corrected chi connectivity index (χ0v) is 13.1. The van der Waals surface area contributed by atoms with Crippen molar-refractivity contribution in [2.75, 3.05) is 6.61 Å². The Hall–Kier alpha value is -0.860. The zero-order chi connectivity index (χ0) is 14.6. The Morgan fingerprint density at radius 1 is 1.20 bits per heavy atom. The molecule has 0 amide bonds. The first-order valence-electron chi connectivity index (χ1n) is 7.89. The third-order valence-corrected chi connectivity index (χ3v) is 4.55. The molecule has 20 heavy (non-hydrogen) atoms. The van der Waals surface area contributed by atoms with Crippen LogP contribution in [0.4, 0.5) is 0 Å². The van der Waals surface area contributed by atoms with Crippen molar-refractivity contribution in [3.8, 4) is 0 Å². The van der Waals surface area contributed by atoms with Crippen molar-refractivity contribution in [1.82, 2.24) is 0 Å². The lowest BCUT2D eigenvalue weighted by Gasteiger charge is -2.34. The van der Waals surface area contributed by atoms with E-state index in [2.05, 4.69) is 32.9 Å². The molecule has 2 heteroatoms. The van der Waals surface area contributed by atoms with E-state index < -0.39 is 6.10 Å². The molecule has 0 saturated heterocycles. The van der Waals surface area contributed by atoms with E-state index in [1.807, 2.05) is 12.1 Å². The van der Waals surface area contributed by atoms with Crippen molar-refractivity contribution in [3.63, 3.8) is 0 Å². The van der Waals surface area contributed by atoms with Crippen LogP contribution in [0.5, 0.6) is 0 Å². The van der Waals surface area contributed by atoms with Crippen molar-refractivity contribution in [2.24, 2.45) is 5.41 Å². The van der Waals surface area contributed by atoms with Gasteiger partial charge in [0.1, 0.15) is 6.10 Å². The number of rotatable bonds is 5. The number of hydrogen-bond donors (Lipinski definition) is 1.